The Kier molecular flexibility index (Phi) is 4.77. The van der Waals surface area contributed by atoms with Gasteiger partial charge in [0.25, 0.3) is 0 Å². The van der Waals surface area contributed by atoms with Gasteiger partial charge in [0.1, 0.15) is 0 Å². The molecule has 5 nitrogen and oxygen atoms in total. The topological polar surface area (TPSA) is 53.1 Å². The number of hydrogen-bond donors (Lipinski definition) is 2. The first kappa shape index (κ1) is 12.2. The Hall–Kier alpha value is -0.880. The molecule has 0 radical (unpaired) electrons. The highest BCUT2D eigenvalue weighted by molar-refractivity contribution is 9.10. The van der Waals surface area contributed by atoms with Gasteiger partial charge in [-0.15, -0.1) is 0 Å². The fourth-order valence-electron chi connectivity index (χ4n) is 0.979. The van der Waals surface area contributed by atoms with Crippen LogP contribution in [0.1, 0.15) is 13.3 Å². The standard InChI is InChI=1S/C9H16BrN5/c1-4-5-11-9-12-6-7(10)8(13-9)14-15(2)3/h6H,4-5H2,1-3H3,(H2,11,12,13,14). The van der Waals surface area contributed by atoms with E-state index >= 15 is 0 Å². The van der Waals surface area contributed by atoms with Crippen molar-refractivity contribution in [2.24, 2.45) is 0 Å². The number of nitrogens with one attached hydrogen (secondary N) is 2. The Balaban J connectivity index is 2.75. The molecule has 2 N–H and O–H groups in total. The molecule has 0 aliphatic carbocycles. The molecule has 0 aliphatic heterocycles. The zero-order valence-corrected chi connectivity index (χ0v) is 10.8. The summed E-state index contributed by atoms with van der Waals surface area (Å²) in [5.74, 6) is 1.40. The molecule has 0 fully saturated rings. The molecule has 0 saturated heterocycles. The molecular formula is C9H16BrN5. The lowest BCUT2D eigenvalue weighted by Gasteiger charge is -2.14. The van der Waals surface area contributed by atoms with Crippen molar-refractivity contribution in [3.8, 4) is 0 Å². The van der Waals surface area contributed by atoms with Crippen LogP contribution in [0.5, 0.6) is 0 Å². The van der Waals surface area contributed by atoms with E-state index in [1.54, 1.807) is 6.20 Å². The molecular weight excluding hydrogens is 258 g/mol. The van der Waals surface area contributed by atoms with E-state index in [1.165, 1.54) is 0 Å². The molecule has 1 aromatic rings. The summed E-state index contributed by atoms with van der Waals surface area (Å²) in [6.07, 6.45) is 2.78. The van der Waals surface area contributed by atoms with Crippen molar-refractivity contribution >= 4 is 27.7 Å². The van der Waals surface area contributed by atoms with Crippen molar-refractivity contribution < 1.29 is 0 Å². The lowest BCUT2D eigenvalue weighted by Crippen LogP contribution is -2.21. The van der Waals surface area contributed by atoms with Crippen molar-refractivity contribution in [3.63, 3.8) is 0 Å². The number of nitrogens with zero attached hydrogens (tertiary/aromatic N) is 3. The average molecular weight is 274 g/mol. The largest absolute Gasteiger partial charge is 0.354 e. The second kappa shape index (κ2) is 5.87. The highest BCUT2D eigenvalue weighted by atomic mass is 79.9. The van der Waals surface area contributed by atoms with Crippen molar-refractivity contribution in [3.05, 3.63) is 10.7 Å². The quantitative estimate of drug-likeness (QED) is 0.804. The van der Waals surface area contributed by atoms with Crippen LogP contribution >= 0.6 is 15.9 Å². The maximum absolute atomic E-state index is 4.33. The smallest absolute Gasteiger partial charge is 0.224 e. The minimum absolute atomic E-state index is 0.643. The van der Waals surface area contributed by atoms with E-state index in [0.29, 0.717) is 5.95 Å². The number of halogens is 1. The maximum atomic E-state index is 4.33. The van der Waals surface area contributed by atoms with Gasteiger partial charge in [0, 0.05) is 26.8 Å². The van der Waals surface area contributed by atoms with E-state index in [0.717, 1.165) is 23.3 Å². The van der Waals surface area contributed by atoms with Crippen LogP contribution < -0.4 is 10.7 Å². The predicted octanol–water partition coefficient (Wildman–Crippen LogP) is 1.95. The number of hydrogen-bond acceptors (Lipinski definition) is 5. The molecule has 15 heavy (non-hydrogen) atoms. The zero-order chi connectivity index (χ0) is 11.3. The van der Waals surface area contributed by atoms with Crippen molar-refractivity contribution in [2.75, 3.05) is 31.4 Å². The van der Waals surface area contributed by atoms with E-state index in [-0.39, 0.29) is 0 Å². The molecule has 1 heterocycles. The highest BCUT2D eigenvalue weighted by Crippen LogP contribution is 2.19. The maximum Gasteiger partial charge on any atom is 0.224 e. The summed E-state index contributed by atoms with van der Waals surface area (Å²) in [6, 6.07) is 0. The van der Waals surface area contributed by atoms with Crippen LogP contribution in [0.15, 0.2) is 10.7 Å². The Bertz CT molecular complexity index is 315. The molecule has 0 aromatic carbocycles. The van der Waals surface area contributed by atoms with E-state index in [1.807, 2.05) is 19.1 Å². The van der Waals surface area contributed by atoms with Crippen LogP contribution in [-0.2, 0) is 0 Å². The first-order valence-corrected chi connectivity index (χ1v) is 5.63. The molecule has 1 rings (SSSR count). The fourth-order valence-corrected chi connectivity index (χ4v) is 1.26. The zero-order valence-electron chi connectivity index (χ0n) is 9.21. The SMILES string of the molecule is CCCNc1ncc(Br)c(NN(C)C)n1. The number of hydrazine groups is 1. The first-order valence-electron chi connectivity index (χ1n) is 4.84. The number of rotatable bonds is 5. The van der Waals surface area contributed by atoms with Crippen molar-refractivity contribution in [2.45, 2.75) is 13.3 Å². The Morgan fingerprint density at radius 2 is 2.20 bits per heavy atom. The molecule has 0 aliphatic rings. The van der Waals surface area contributed by atoms with Crippen LogP contribution in [-0.4, -0.2) is 35.6 Å². The van der Waals surface area contributed by atoms with Gasteiger partial charge in [-0.25, -0.2) is 9.99 Å². The molecule has 1 aromatic heterocycles. The number of anilines is 2. The van der Waals surface area contributed by atoms with Crippen LogP contribution in [0.4, 0.5) is 11.8 Å². The summed E-state index contributed by atoms with van der Waals surface area (Å²) < 4.78 is 0.846. The molecule has 0 spiro atoms. The lowest BCUT2D eigenvalue weighted by molar-refractivity contribution is 0.491. The molecule has 0 bridgehead atoms. The fraction of sp³-hybridized carbons (Fsp3) is 0.556. The summed E-state index contributed by atoms with van der Waals surface area (Å²) in [7, 11) is 3.82. The van der Waals surface area contributed by atoms with Gasteiger partial charge in [0.15, 0.2) is 5.82 Å². The van der Waals surface area contributed by atoms with Gasteiger partial charge >= 0.3 is 0 Å². The highest BCUT2D eigenvalue weighted by Gasteiger charge is 2.04. The summed E-state index contributed by atoms with van der Waals surface area (Å²) in [4.78, 5) is 8.48. The Morgan fingerprint density at radius 1 is 1.47 bits per heavy atom. The van der Waals surface area contributed by atoms with Gasteiger partial charge in [-0.2, -0.15) is 4.98 Å². The van der Waals surface area contributed by atoms with E-state index in [2.05, 4.69) is 43.6 Å². The predicted molar refractivity (Wildman–Crippen MR) is 65.8 cm³/mol. The van der Waals surface area contributed by atoms with Crippen molar-refractivity contribution in [1.82, 2.24) is 15.0 Å². The van der Waals surface area contributed by atoms with Gasteiger partial charge in [-0.3, -0.25) is 0 Å². The molecule has 0 saturated carbocycles. The van der Waals surface area contributed by atoms with Gasteiger partial charge < -0.3 is 10.7 Å². The molecule has 0 amide bonds. The molecule has 0 unspecified atom stereocenters. The third kappa shape index (κ3) is 4.01. The summed E-state index contributed by atoms with van der Waals surface area (Å²) in [6.45, 7) is 2.98. The van der Waals surface area contributed by atoms with E-state index in [4.69, 9.17) is 0 Å². The second-order valence-corrected chi connectivity index (χ2v) is 4.18. The molecule has 0 atom stereocenters. The van der Waals surface area contributed by atoms with Gasteiger partial charge in [-0.1, -0.05) is 6.92 Å². The van der Waals surface area contributed by atoms with E-state index in [9.17, 15) is 0 Å². The van der Waals surface area contributed by atoms with Gasteiger partial charge in [0.05, 0.1) is 4.47 Å². The first-order chi connectivity index (χ1) is 7.13. The summed E-state index contributed by atoms with van der Waals surface area (Å²) in [5.41, 5.74) is 3.09. The minimum atomic E-state index is 0.643. The third-order valence-electron chi connectivity index (χ3n) is 1.61. The second-order valence-electron chi connectivity index (χ2n) is 3.32. The van der Waals surface area contributed by atoms with Crippen molar-refractivity contribution in [1.29, 1.82) is 0 Å². The Labute approximate surface area is 98.4 Å². The van der Waals surface area contributed by atoms with Crippen LogP contribution in [0.2, 0.25) is 0 Å². The summed E-state index contributed by atoms with van der Waals surface area (Å²) in [5, 5.41) is 4.96. The normalized spacial score (nSPS) is 10.5. The molecule has 84 valence electrons. The average Bonchev–Trinajstić information content (AvgIpc) is 2.18. The van der Waals surface area contributed by atoms with Crippen LogP contribution in [0.3, 0.4) is 0 Å². The monoisotopic (exact) mass is 273 g/mol. The minimum Gasteiger partial charge on any atom is -0.354 e. The summed E-state index contributed by atoms with van der Waals surface area (Å²) >= 11 is 3.39. The third-order valence-corrected chi connectivity index (χ3v) is 2.19. The molecule has 6 heteroatoms. The van der Waals surface area contributed by atoms with Gasteiger partial charge in [0.2, 0.25) is 5.95 Å². The van der Waals surface area contributed by atoms with Crippen LogP contribution in [0, 0.1) is 0 Å². The lowest BCUT2D eigenvalue weighted by atomic mass is 10.5. The Morgan fingerprint density at radius 3 is 2.80 bits per heavy atom. The number of aromatic nitrogens is 2. The van der Waals surface area contributed by atoms with Crippen LogP contribution in [0.25, 0.3) is 0 Å². The van der Waals surface area contributed by atoms with Gasteiger partial charge in [-0.05, 0) is 22.4 Å². The van der Waals surface area contributed by atoms with E-state index < -0.39 is 0 Å².